The third kappa shape index (κ3) is 22.5. The van der Waals surface area contributed by atoms with Gasteiger partial charge in [0.05, 0.1) is 24.6 Å². The minimum absolute atomic E-state index is 0. The number of carbonyl (C=O) groups excluding carboxylic acids is 8. The van der Waals surface area contributed by atoms with Crippen LogP contribution in [0, 0.1) is 0 Å². The van der Waals surface area contributed by atoms with Gasteiger partial charge in [-0.1, -0.05) is 53.8 Å². The fourth-order valence-electron chi connectivity index (χ4n) is 15.3. The number of halogens is 5. The van der Waals surface area contributed by atoms with Gasteiger partial charge in [-0.3, -0.25) is 67.3 Å². The highest BCUT2D eigenvalue weighted by molar-refractivity contribution is 9.10. The van der Waals surface area contributed by atoms with Crippen LogP contribution < -0.4 is 97.9 Å². The van der Waals surface area contributed by atoms with Crippen LogP contribution in [0.4, 0.5) is 82.8 Å². The number of pyridine rings is 4. The van der Waals surface area contributed by atoms with E-state index >= 15 is 0 Å². The summed E-state index contributed by atoms with van der Waals surface area (Å²) in [6, 6.07) is 11.6. The first-order chi connectivity index (χ1) is 60.5. The Morgan fingerprint density at radius 2 is 0.623 bits per heavy atom. The number of likely N-dealkylation sites (tertiary alicyclic amines) is 2. The van der Waals surface area contributed by atoms with Crippen LogP contribution in [0.2, 0.25) is 20.1 Å². The van der Waals surface area contributed by atoms with Crippen molar-refractivity contribution in [2.75, 3.05) is 96.1 Å². The molecule has 8 amide bonds. The van der Waals surface area contributed by atoms with Gasteiger partial charge in [-0.2, -0.15) is 0 Å². The molecule has 0 saturated carbocycles. The zero-order chi connectivity index (χ0) is 94.0. The van der Waals surface area contributed by atoms with E-state index in [1.807, 2.05) is 20.8 Å². The molecule has 0 radical (unpaired) electrons. The number of hydrogen-bond donors (Lipinski definition) is 14. The summed E-state index contributed by atoms with van der Waals surface area (Å²) < 4.78 is 27.1. The lowest BCUT2D eigenvalue weighted by atomic mass is 9.97. The van der Waals surface area contributed by atoms with E-state index in [2.05, 4.69) is 114 Å². The van der Waals surface area contributed by atoms with Crippen molar-refractivity contribution in [1.82, 2.24) is 99.8 Å². The largest absolute Gasteiger partial charge is 0.444 e. The summed E-state index contributed by atoms with van der Waals surface area (Å²) in [4.78, 5) is 185. The fourth-order valence-corrected chi connectivity index (χ4v) is 16.9. The predicted octanol–water partition coefficient (Wildman–Crippen LogP) is 9.34. The van der Waals surface area contributed by atoms with E-state index in [0.717, 1.165) is 0 Å². The molecule has 0 atom stereocenters. The summed E-state index contributed by atoms with van der Waals surface area (Å²) in [6.07, 6.45) is 6.72. The van der Waals surface area contributed by atoms with Crippen molar-refractivity contribution in [2.24, 2.45) is 0 Å². The van der Waals surface area contributed by atoms with Gasteiger partial charge in [0.2, 0.25) is 0 Å². The maximum atomic E-state index is 13.7. The Hall–Kier alpha value is -12.6. The molecular weight excluding hydrogens is 1840 g/mol. The third-order valence-electron chi connectivity index (χ3n) is 20.7. The number of aromatic nitrogens is 12. The number of nitrogens with two attached hydrogens (primary N) is 3. The summed E-state index contributed by atoms with van der Waals surface area (Å²) in [5.74, 6) is 0.744. The van der Waals surface area contributed by atoms with E-state index in [1.54, 1.807) is 72.1 Å². The highest BCUT2D eigenvalue weighted by Gasteiger charge is 2.52. The number of piperidine rings is 4. The molecular formula is C81H101BrCl4N28O16. The predicted molar refractivity (Wildman–Crippen MR) is 488 cm³/mol. The number of hydrogen-bond acceptors (Lipinski definition) is 32. The number of nitrogens with zero attached hydrogens (tertiary/aromatic N) is 14. The molecule has 8 aromatic heterocycles. The molecule has 4 spiro atoms. The van der Waals surface area contributed by atoms with Crippen molar-refractivity contribution in [3.05, 3.63) is 163 Å². The number of amides is 8. The van der Waals surface area contributed by atoms with Gasteiger partial charge in [0.25, 0.3) is 45.9 Å². The highest BCUT2D eigenvalue weighted by atomic mass is 79.9. The van der Waals surface area contributed by atoms with Crippen LogP contribution >= 0.6 is 62.3 Å². The molecule has 696 valence electrons. The molecule has 8 aromatic rings. The molecule has 8 aliphatic heterocycles. The lowest BCUT2D eigenvalue weighted by Gasteiger charge is -2.40. The molecule has 130 heavy (non-hydrogen) atoms. The fraction of sp³-hybridized carbons (Fsp3) is 0.457. The number of nitrogen functional groups attached to an aromatic ring is 3. The topological polar surface area (TPSA) is 581 Å². The number of fused-ring (bicyclic) bond motifs is 8. The SMILES string of the molecule is C.CC(C)(C)OC(=O)N1CCC2(CC1)NC(=O)c1c(Cl)cc(Br)c(=O)n12.CC(C)(C)OC(=O)Nc1cc(N)ncn1.CC(C)(C)OC(=O)Nc1cc(Nc2cc(Cl)c3n(c2=O)C2(CCN(C(=O)OC(C)(C)C)CC2)NC3=O)ncn1.Nc1cc(Nc2cc(Cl)c3n(c2=O)C2(CCNCC2)NC3=O)ncn1.Nc1cc(Nc2cc(Cl)c3n(c2=O)C2(CCNCC2)NC3=O)ncn1. The maximum Gasteiger partial charge on any atom is 0.413 e. The second-order valence-corrected chi connectivity index (χ2v) is 37.3. The van der Waals surface area contributed by atoms with E-state index in [0.29, 0.717) is 99.7 Å². The van der Waals surface area contributed by atoms with Gasteiger partial charge in [-0.15, -0.1) is 0 Å². The molecule has 4 saturated heterocycles. The van der Waals surface area contributed by atoms with Gasteiger partial charge < -0.3 is 93.8 Å². The van der Waals surface area contributed by atoms with Crippen LogP contribution in [0.15, 0.2) is 97.5 Å². The van der Waals surface area contributed by atoms with Crippen LogP contribution in [0.25, 0.3) is 0 Å². The molecule has 0 bridgehead atoms. The number of carbonyl (C=O) groups is 8. The zero-order valence-electron chi connectivity index (χ0n) is 72.2. The first kappa shape index (κ1) is 98.0. The minimum Gasteiger partial charge on any atom is -0.444 e. The van der Waals surface area contributed by atoms with Gasteiger partial charge in [0.1, 0.15) is 157 Å². The summed E-state index contributed by atoms with van der Waals surface area (Å²) in [5, 5.41) is 32.6. The van der Waals surface area contributed by atoms with Crippen molar-refractivity contribution in [3.8, 4) is 0 Å². The number of nitrogens with one attached hydrogen (secondary N) is 11. The summed E-state index contributed by atoms with van der Waals surface area (Å²) in [5.41, 5.74) is 10.5. The molecule has 8 aliphatic rings. The number of ether oxygens (including phenoxy) is 4. The smallest absolute Gasteiger partial charge is 0.413 e. The maximum absolute atomic E-state index is 13.7. The van der Waals surface area contributed by atoms with E-state index < -0.39 is 80.9 Å². The van der Waals surface area contributed by atoms with E-state index in [9.17, 15) is 57.5 Å². The van der Waals surface area contributed by atoms with Gasteiger partial charge in [0, 0.05) is 102 Å². The molecule has 0 aliphatic carbocycles. The lowest BCUT2D eigenvalue weighted by molar-refractivity contribution is 0.00821. The number of anilines is 11. The second kappa shape index (κ2) is 38.6. The van der Waals surface area contributed by atoms with Gasteiger partial charge in [-0.25, -0.2) is 59.0 Å². The standard InChI is InChI=1S/C25H32ClN7O6.C16H19BrClN3O4.2C15H16ClN7O2.C9H14N4O2.CH4/c1-23(2,3)38-21(36)30-17-12-16(27-13-28-17)29-15-11-14(26)18-19(34)31-25(33(18)20(15)35)7-9-32(10-8-25)22(37)39-24(4,5)6;1-15(2,3)25-14(24)20-6-4-16(5-7-20)19-12(22)11-10(18)8-9(17)13(23)21(11)16;2*16-8-5-9(21-11-6-10(17)19-7-20-11)14(25)23-12(8)13(24)22-15(23)1-3-18-4-2-15;1-9(2,3)15-8(14)13-7-4-6(10)11-5-12-7;/h11-13H,7-10H2,1-6H3,(H,31,34)(H2,27,28,29,30,36);8H,4-7H2,1-3H3,(H,19,22);2*5-7,18H,1-4H2,(H,22,24)(H3,17,19,20,21);4-5H,1-3H3,(H3,10,11,12,13,14);1H4. The van der Waals surface area contributed by atoms with Gasteiger partial charge in [0.15, 0.2) is 0 Å². The molecule has 0 unspecified atom stereocenters. The normalized spacial score (nSPS) is 16.7. The van der Waals surface area contributed by atoms with E-state index in [1.165, 1.54) is 92.1 Å². The van der Waals surface area contributed by atoms with Crippen molar-refractivity contribution in [3.63, 3.8) is 0 Å². The summed E-state index contributed by atoms with van der Waals surface area (Å²) >= 11 is 28.4. The van der Waals surface area contributed by atoms with E-state index in [4.69, 9.17) is 82.6 Å². The molecule has 4 fully saturated rings. The van der Waals surface area contributed by atoms with Crippen LogP contribution in [0.5, 0.6) is 0 Å². The molecule has 17 N–H and O–H groups in total. The molecule has 44 nitrogen and oxygen atoms in total. The summed E-state index contributed by atoms with van der Waals surface area (Å²) in [7, 11) is 0. The lowest BCUT2D eigenvalue weighted by Crippen LogP contribution is -2.56. The quantitative estimate of drug-likeness (QED) is 0.0630. The number of rotatable bonds is 8. The molecule has 16 rings (SSSR count). The highest BCUT2D eigenvalue weighted by Crippen LogP contribution is 2.41. The Balaban J connectivity index is 0.000000161. The van der Waals surface area contributed by atoms with Crippen molar-refractivity contribution in [2.45, 2.75) is 187 Å². The zero-order valence-corrected chi connectivity index (χ0v) is 76.8. The van der Waals surface area contributed by atoms with Crippen LogP contribution in [0.3, 0.4) is 0 Å². The average molecular weight is 1940 g/mol. The van der Waals surface area contributed by atoms with Crippen LogP contribution in [-0.4, -0.2) is 191 Å². The second-order valence-electron chi connectivity index (χ2n) is 34.8. The third-order valence-corrected chi connectivity index (χ3v) is 22.4. The Morgan fingerprint density at radius 3 is 0.923 bits per heavy atom. The Morgan fingerprint density at radius 1 is 0.369 bits per heavy atom. The van der Waals surface area contributed by atoms with Crippen LogP contribution in [0.1, 0.15) is 184 Å². The Bertz CT molecular complexity index is 5850. The first-order valence-electron chi connectivity index (χ1n) is 40.5. The minimum atomic E-state index is -1.06. The Labute approximate surface area is 772 Å². The molecule has 16 heterocycles. The van der Waals surface area contributed by atoms with Crippen LogP contribution in [-0.2, 0) is 41.6 Å². The van der Waals surface area contributed by atoms with Crippen molar-refractivity contribution >= 4 is 174 Å². The summed E-state index contributed by atoms with van der Waals surface area (Å²) in [6.45, 7) is 25.4. The van der Waals surface area contributed by atoms with Crippen molar-refractivity contribution in [1.29, 1.82) is 0 Å². The van der Waals surface area contributed by atoms with Gasteiger partial charge in [-0.05, 0) is 149 Å². The van der Waals surface area contributed by atoms with Crippen molar-refractivity contribution < 1.29 is 57.3 Å². The van der Waals surface area contributed by atoms with E-state index in [-0.39, 0.29) is 157 Å². The first-order valence-corrected chi connectivity index (χ1v) is 42.8. The average Bonchev–Trinajstić information content (AvgIpc) is 1.59. The molecule has 49 heteroatoms. The van der Waals surface area contributed by atoms with Gasteiger partial charge >= 0.3 is 24.4 Å². The monoisotopic (exact) mass is 1940 g/mol. The Kier molecular flexibility index (Phi) is 29.1. The molecule has 0 aromatic carbocycles.